The first-order chi connectivity index (χ1) is 19.0. The molecule has 0 spiro atoms. The third-order valence-corrected chi connectivity index (χ3v) is 8.78. The summed E-state index contributed by atoms with van der Waals surface area (Å²) in [4.78, 5) is 28.4. The molecule has 40 heavy (non-hydrogen) atoms. The van der Waals surface area contributed by atoms with Gasteiger partial charge >= 0.3 is 0 Å². The summed E-state index contributed by atoms with van der Waals surface area (Å²) < 4.78 is 33.8. The highest BCUT2D eigenvalue weighted by atomic mass is 35.5. The van der Waals surface area contributed by atoms with Crippen LogP contribution in [0.25, 0.3) is 0 Å². The second-order valence-electron chi connectivity index (χ2n) is 9.28. The van der Waals surface area contributed by atoms with Crippen LogP contribution in [0.15, 0.2) is 77.7 Å². The second-order valence-corrected chi connectivity index (χ2v) is 12.0. The summed E-state index contributed by atoms with van der Waals surface area (Å²) in [6.07, 6.45) is 0.711. The van der Waals surface area contributed by atoms with Gasteiger partial charge in [-0.15, -0.1) is 0 Å². The SMILES string of the molecule is CC[C@H](C)NC(=O)[C@@H](C)N(Cc1ccc(OC)cc1)C(=O)CN(c1ccc(Cl)cc1Cl)S(=O)(=O)c1ccccc1. The average molecular weight is 607 g/mol. The van der Waals surface area contributed by atoms with Crippen LogP contribution < -0.4 is 14.4 Å². The lowest BCUT2D eigenvalue weighted by atomic mass is 10.1. The van der Waals surface area contributed by atoms with Crippen molar-refractivity contribution in [3.8, 4) is 5.75 Å². The zero-order valence-corrected chi connectivity index (χ0v) is 25.1. The molecule has 214 valence electrons. The van der Waals surface area contributed by atoms with Crippen LogP contribution in [0, 0.1) is 0 Å². The number of hydrogen-bond acceptors (Lipinski definition) is 5. The summed E-state index contributed by atoms with van der Waals surface area (Å²) in [5, 5.41) is 3.28. The molecule has 0 unspecified atom stereocenters. The van der Waals surface area contributed by atoms with Gasteiger partial charge in [-0.2, -0.15) is 0 Å². The first-order valence-electron chi connectivity index (χ1n) is 12.7. The van der Waals surface area contributed by atoms with Crippen LogP contribution in [-0.2, 0) is 26.2 Å². The van der Waals surface area contributed by atoms with Gasteiger partial charge in [-0.05, 0) is 68.3 Å². The molecule has 3 aromatic carbocycles. The quantitative estimate of drug-likeness (QED) is 0.293. The number of amides is 2. The standard InChI is InChI=1S/C29H33Cl2N3O5S/c1-5-20(2)32-29(36)21(3)33(18-22-11-14-24(39-4)15-12-22)28(35)19-34(27-16-13-23(30)17-26(27)31)40(37,38)25-9-7-6-8-10-25/h6-17,20-21H,5,18-19H2,1-4H3,(H,32,36)/t20-,21+/m0/s1. The van der Waals surface area contributed by atoms with Crippen LogP contribution in [0.1, 0.15) is 32.8 Å². The van der Waals surface area contributed by atoms with E-state index in [1.165, 1.54) is 35.2 Å². The molecule has 0 fully saturated rings. The highest BCUT2D eigenvalue weighted by molar-refractivity contribution is 7.92. The number of ether oxygens (including phenoxy) is 1. The van der Waals surface area contributed by atoms with Crippen LogP contribution in [0.2, 0.25) is 10.0 Å². The minimum absolute atomic E-state index is 0.0157. The maximum atomic E-state index is 14.0. The number of benzene rings is 3. The van der Waals surface area contributed by atoms with E-state index in [1.807, 2.05) is 13.8 Å². The van der Waals surface area contributed by atoms with Crippen LogP contribution in [0.4, 0.5) is 5.69 Å². The maximum absolute atomic E-state index is 14.0. The minimum atomic E-state index is -4.23. The normalized spacial score (nSPS) is 12.8. The van der Waals surface area contributed by atoms with Crippen molar-refractivity contribution in [2.45, 2.75) is 50.7 Å². The van der Waals surface area contributed by atoms with E-state index >= 15 is 0 Å². The molecule has 1 N–H and O–H groups in total. The number of anilines is 1. The Labute approximate surface area is 245 Å². The molecule has 11 heteroatoms. The number of halogens is 2. The topological polar surface area (TPSA) is 96.0 Å². The Morgan fingerprint density at radius 3 is 2.20 bits per heavy atom. The van der Waals surface area contributed by atoms with Crippen molar-refractivity contribution >= 4 is 50.7 Å². The van der Waals surface area contributed by atoms with Crippen LogP contribution >= 0.6 is 23.2 Å². The number of nitrogens with one attached hydrogen (secondary N) is 1. The molecular weight excluding hydrogens is 573 g/mol. The zero-order valence-electron chi connectivity index (χ0n) is 22.8. The van der Waals surface area contributed by atoms with Gasteiger partial charge in [0.05, 0.1) is 22.7 Å². The molecule has 0 aliphatic carbocycles. The zero-order chi connectivity index (χ0) is 29.4. The molecule has 0 radical (unpaired) electrons. The molecule has 0 aromatic heterocycles. The Hall–Kier alpha value is -3.27. The lowest BCUT2D eigenvalue weighted by Gasteiger charge is -2.32. The Bertz CT molecular complexity index is 1420. The van der Waals surface area contributed by atoms with Gasteiger partial charge in [0.2, 0.25) is 11.8 Å². The summed E-state index contributed by atoms with van der Waals surface area (Å²) in [6, 6.07) is 18.2. The van der Waals surface area contributed by atoms with Crippen molar-refractivity contribution in [1.29, 1.82) is 0 Å². The summed E-state index contributed by atoms with van der Waals surface area (Å²) in [6.45, 7) is 4.89. The van der Waals surface area contributed by atoms with E-state index in [4.69, 9.17) is 27.9 Å². The van der Waals surface area contributed by atoms with E-state index in [0.717, 1.165) is 9.87 Å². The highest BCUT2D eigenvalue weighted by Crippen LogP contribution is 2.33. The smallest absolute Gasteiger partial charge is 0.264 e. The lowest BCUT2D eigenvalue weighted by molar-refractivity contribution is -0.139. The van der Waals surface area contributed by atoms with Gasteiger partial charge in [-0.25, -0.2) is 8.42 Å². The fourth-order valence-corrected chi connectivity index (χ4v) is 5.91. The van der Waals surface area contributed by atoms with Crippen molar-refractivity contribution in [2.75, 3.05) is 18.0 Å². The Balaban J connectivity index is 2.04. The average Bonchev–Trinajstić information content (AvgIpc) is 2.95. The number of rotatable bonds is 12. The Kier molecular flexibility index (Phi) is 10.8. The number of methoxy groups -OCH3 is 1. The predicted octanol–water partition coefficient (Wildman–Crippen LogP) is 5.53. The second kappa shape index (κ2) is 13.9. The van der Waals surface area contributed by atoms with Gasteiger partial charge in [0.1, 0.15) is 18.3 Å². The Morgan fingerprint density at radius 1 is 0.975 bits per heavy atom. The molecular formula is C29H33Cl2N3O5S. The van der Waals surface area contributed by atoms with Gasteiger partial charge in [0, 0.05) is 17.6 Å². The summed E-state index contributed by atoms with van der Waals surface area (Å²) in [5.74, 6) is -0.298. The van der Waals surface area contributed by atoms with Crippen molar-refractivity contribution in [1.82, 2.24) is 10.2 Å². The molecule has 0 heterocycles. The first kappa shape index (κ1) is 31.3. The molecule has 3 rings (SSSR count). The molecule has 0 saturated heterocycles. The molecule has 2 atom stereocenters. The largest absolute Gasteiger partial charge is 0.497 e. The number of nitrogens with zero attached hydrogens (tertiary/aromatic N) is 2. The van der Waals surface area contributed by atoms with Crippen LogP contribution in [-0.4, -0.2) is 50.9 Å². The van der Waals surface area contributed by atoms with Crippen LogP contribution in [0.3, 0.4) is 0 Å². The van der Waals surface area contributed by atoms with Crippen molar-refractivity contribution in [3.63, 3.8) is 0 Å². The van der Waals surface area contributed by atoms with E-state index in [1.54, 1.807) is 56.5 Å². The van der Waals surface area contributed by atoms with Gasteiger partial charge in [0.15, 0.2) is 0 Å². The molecule has 0 aliphatic heterocycles. The van der Waals surface area contributed by atoms with Crippen molar-refractivity contribution in [2.24, 2.45) is 0 Å². The third-order valence-electron chi connectivity index (χ3n) is 6.47. The predicted molar refractivity (Wildman–Crippen MR) is 158 cm³/mol. The van der Waals surface area contributed by atoms with Gasteiger partial charge in [0.25, 0.3) is 10.0 Å². The van der Waals surface area contributed by atoms with E-state index in [9.17, 15) is 18.0 Å². The van der Waals surface area contributed by atoms with Crippen molar-refractivity contribution < 1.29 is 22.7 Å². The summed E-state index contributed by atoms with van der Waals surface area (Å²) >= 11 is 12.5. The fourth-order valence-electron chi connectivity index (χ4n) is 3.89. The number of carbonyl (C=O) groups is 2. The molecule has 0 aliphatic rings. The highest BCUT2D eigenvalue weighted by Gasteiger charge is 2.33. The molecule has 2 amide bonds. The van der Waals surface area contributed by atoms with Gasteiger partial charge in [-0.1, -0.05) is 60.5 Å². The monoisotopic (exact) mass is 605 g/mol. The van der Waals surface area contributed by atoms with Gasteiger partial charge in [-0.3, -0.25) is 13.9 Å². The lowest BCUT2D eigenvalue weighted by Crippen LogP contribution is -2.52. The summed E-state index contributed by atoms with van der Waals surface area (Å²) in [7, 11) is -2.68. The fraction of sp³-hybridized carbons (Fsp3) is 0.310. The number of sulfonamides is 1. The molecule has 3 aromatic rings. The van der Waals surface area contributed by atoms with Gasteiger partial charge < -0.3 is 15.0 Å². The van der Waals surface area contributed by atoms with E-state index in [-0.39, 0.29) is 34.1 Å². The Morgan fingerprint density at radius 2 is 1.62 bits per heavy atom. The molecule has 0 saturated carbocycles. The number of carbonyl (C=O) groups excluding carboxylic acids is 2. The molecule has 8 nitrogen and oxygen atoms in total. The number of hydrogen-bond donors (Lipinski definition) is 1. The first-order valence-corrected chi connectivity index (χ1v) is 14.9. The van der Waals surface area contributed by atoms with E-state index < -0.39 is 28.5 Å². The maximum Gasteiger partial charge on any atom is 0.264 e. The van der Waals surface area contributed by atoms with E-state index in [2.05, 4.69) is 5.32 Å². The van der Waals surface area contributed by atoms with Crippen molar-refractivity contribution in [3.05, 3.63) is 88.4 Å². The molecule has 0 bridgehead atoms. The summed E-state index contributed by atoms with van der Waals surface area (Å²) in [5.41, 5.74) is 0.823. The van der Waals surface area contributed by atoms with Crippen LogP contribution in [0.5, 0.6) is 5.75 Å². The van der Waals surface area contributed by atoms with E-state index in [0.29, 0.717) is 17.2 Å². The minimum Gasteiger partial charge on any atom is -0.497 e. The third kappa shape index (κ3) is 7.68.